The number of hydrogen-bond donors (Lipinski definition) is 1. The summed E-state index contributed by atoms with van der Waals surface area (Å²) < 4.78 is 18.8. The van der Waals surface area contributed by atoms with Gasteiger partial charge in [-0.05, 0) is 64.6 Å². The number of nitrogens with one attached hydrogen (secondary N) is 1. The molecule has 0 spiro atoms. The first kappa shape index (κ1) is 22.7. The fraction of sp³-hybridized carbons (Fsp3) is 0.500. The summed E-state index contributed by atoms with van der Waals surface area (Å²) in [4.78, 5) is 9.34. The molecular formula is C20H27Br2N3O3. The first-order chi connectivity index (χ1) is 13.3. The minimum Gasteiger partial charge on any atom is -0.496 e. The number of ether oxygens (including phenoxy) is 3. The van der Waals surface area contributed by atoms with Gasteiger partial charge in [0, 0.05) is 18.7 Å². The molecule has 0 amide bonds. The summed E-state index contributed by atoms with van der Waals surface area (Å²) in [5.74, 6) is 2.40. The van der Waals surface area contributed by atoms with Gasteiger partial charge in [-0.1, -0.05) is 13.8 Å². The zero-order valence-corrected chi connectivity index (χ0v) is 20.3. The number of methoxy groups -OCH3 is 1. The van der Waals surface area contributed by atoms with Gasteiger partial charge in [0.05, 0.1) is 17.7 Å². The summed E-state index contributed by atoms with van der Waals surface area (Å²) in [6.45, 7) is 8.14. The van der Waals surface area contributed by atoms with Crippen LogP contribution >= 0.6 is 31.9 Å². The molecule has 0 unspecified atom stereocenters. The number of nitrogens with zero attached hydrogens (tertiary/aromatic N) is 2. The summed E-state index contributed by atoms with van der Waals surface area (Å²) in [6.07, 6.45) is 1.95. The van der Waals surface area contributed by atoms with E-state index >= 15 is 0 Å². The van der Waals surface area contributed by atoms with Crippen molar-refractivity contribution in [3.05, 3.63) is 21.2 Å². The van der Waals surface area contributed by atoms with Crippen molar-refractivity contribution >= 4 is 37.7 Å². The van der Waals surface area contributed by atoms with Crippen LogP contribution in [0.2, 0.25) is 0 Å². The van der Waals surface area contributed by atoms with E-state index in [1.165, 1.54) is 0 Å². The van der Waals surface area contributed by atoms with Crippen molar-refractivity contribution in [2.45, 2.75) is 52.7 Å². The van der Waals surface area contributed by atoms with E-state index < -0.39 is 0 Å². The molecule has 0 saturated carbocycles. The van der Waals surface area contributed by atoms with Gasteiger partial charge in [0.25, 0.3) is 5.88 Å². The maximum Gasteiger partial charge on any atom is 0.258 e. The number of hydrogen-bond acceptors (Lipinski definition) is 6. The fourth-order valence-corrected chi connectivity index (χ4v) is 3.56. The third-order valence-electron chi connectivity index (χ3n) is 4.12. The molecule has 28 heavy (non-hydrogen) atoms. The van der Waals surface area contributed by atoms with Crippen LogP contribution in [-0.4, -0.2) is 36.3 Å². The Balaban J connectivity index is 2.54. The van der Waals surface area contributed by atoms with Gasteiger partial charge in [-0.25, -0.2) is 9.97 Å². The van der Waals surface area contributed by atoms with Gasteiger partial charge in [0.15, 0.2) is 5.82 Å². The van der Waals surface area contributed by atoms with Crippen molar-refractivity contribution in [2.75, 3.05) is 19.5 Å². The van der Waals surface area contributed by atoms with E-state index in [4.69, 9.17) is 19.2 Å². The third kappa shape index (κ3) is 5.29. The molecule has 0 bridgehead atoms. The number of rotatable bonds is 9. The Kier molecular flexibility index (Phi) is 8.37. The minimum absolute atomic E-state index is 0.0517. The monoisotopic (exact) mass is 515 g/mol. The molecule has 8 heteroatoms. The van der Waals surface area contributed by atoms with Crippen LogP contribution < -0.4 is 19.5 Å². The van der Waals surface area contributed by atoms with Crippen molar-refractivity contribution < 1.29 is 14.2 Å². The molecule has 0 aliphatic rings. The highest BCUT2D eigenvalue weighted by Gasteiger charge is 2.21. The quantitative estimate of drug-likeness (QED) is 0.436. The molecule has 1 heterocycles. The highest BCUT2D eigenvalue weighted by Crippen LogP contribution is 2.41. The second kappa shape index (κ2) is 10.3. The summed E-state index contributed by atoms with van der Waals surface area (Å²) in [5, 5.41) is 3.08. The zero-order valence-electron chi connectivity index (χ0n) is 17.1. The molecule has 154 valence electrons. The summed E-state index contributed by atoms with van der Waals surface area (Å²) in [5.41, 5.74) is 1.44. The lowest BCUT2D eigenvalue weighted by Crippen LogP contribution is -2.16. The summed E-state index contributed by atoms with van der Waals surface area (Å²) in [7, 11) is 3.42. The molecule has 2 aromatic rings. The Morgan fingerprint density at radius 3 is 2.25 bits per heavy atom. The Bertz CT molecular complexity index is 812. The average molecular weight is 517 g/mol. The lowest BCUT2D eigenvalue weighted by molar-refractivity contribution is 0.185. The van der Waals surface area contributed by atoms with E-state index in [9.17, 15) is 0 Å². The van der Waals surface area contributed by atoms with Gasteiger partial charge in [0.1, 0.15) is 27.9 Å². The van der Waals surface area contributed by atoms with E-state index in [0.29, 0.717) is 33.5 Å². The van der Waals surface area contributed by atoms with Crippen LogP contribution in [0.15, 0.2) is 21.2 Å². The molecule has 2 rings (SSSR count). The summed E-state index contributed by atoms with van der Waals surface area (Å²) >= 11 is 7.12. The van der Waals surface area contributed by atoms with E-state index in [1.807, 2.05) is 26.0 Å². The molecule has 1 N–H and O–H groups in total. The van der Waals surface area contributed by atoms with Gasteiger partial charge in [-0.3, -0.25) is 0 Å². The highest BCUT2D eigenvalue weighted by molar-refractivity contribution is 9.10. The second-order valence-electron chi connectivity index (χ2n) is 6.47. The van der Waals surface area contributed by atoms with Crippen LogP contribution in [0.5, 0.6) is 17.4 Å². The van der Waals surface area contributed by atoms with Gasteiger partial charge in [-0.2, -0.15) is 0 Å². The van der Waals surface area contributed by atoms with Crippen LogP contribution in [-0.2, 0) is 0 Å². The number of benzene rings is 1. The van der Waals surface area contributed by atoms with E-state index in [2.05, 4.69) is 56.0 Å². The number of aromatic nitrogens is 2. The van der Waals surface area contributed by atoms with Gasteiger partial charge in [-0.15, -0.1) is 0 Å². The van der Waals surface area contributed by atoms with Crippen molar-refractivity contribution in [3.8, 4) is 28.6 Å². The molecule has 0 atom stereocenters. The van der Waals surface area contributed by atoms with E-state index in [1.54, 1.807) is 14.2 Å². The normalized spacial score (nSPS) is 11.1. The van der Waals surface area contributed by atoms with Crippen molar-refractivity contribution in [1.29, 1.82) is 0 Å². The van der Waals surface area contributed by atoms with Gasteiger partial charge >= 0.3 is 0 Å². The van der Waals surface area contributed by atoms with Crippen LogP contribution in [0.1, 0.15) is 40.5 Å². The van der Waals surface area contributed by atoms with Gasteiger partial charge < -0.3 is 19.5 Å². The molecular weight excluding hydrogens is 490 g/mol. The second-order valence-corrected chi connectivity index (χ2v) is 8.08. The van der Waals surface area contributed by atoms with Crippen LogP contribution in [0.3, 0.4) is 0 Å². The Hall–Kier alpha value is -1.54. The third-order valence-corrected chi connectivity index (χ3v) is 5.29. The van der Waals surface area contributed by atoms with Crippen LogP contribution in [0, 0.1) is 0 Å². The lowest BCUT2D eigenvalue weighted by atomic mass is 10.1. The first-order valence-corrected chi connectivity index (χ1v) is 10.9. The largest absolute Gasteiger partial charge is 0.496 e. The van der Waals surface area contributed by atoms with Gasteiger partial charge in [0.2, 0.25) is 0 Å². The predicted octanol–water partition coefficient (Wildman–Crippen LogP) is 6.07. The number of halogens is 2. The maximum absolute atomic E-state index is 6.02. The predicted molar refractivity (Wildman–Crippen MR) is 120 cm³/mol. The van der Waals surface area contributed by atoms with Crippen molar-refractivity contribution in [2.24, 2.45) is 0 Å². The molecule has 0 fully saturated rings. The molecule has 0 aliphatic carbocycles. The van der Waals surface area contributed by atoms with Crippen LogP contribution in [0.4, 0.5) is 5.82 Å². The SMILES string of the molecule is CCC(CC)Oc1nc(Br)c(-c2cc(Br)c(OC(C)C)cc2OC)nc1NC. The first-order valence-electron chi connectivity index (χ1n) is 9.30. The Labute approximate surface area is 183 Å². The Morgan fingerprint density at radius 2 is 1.71 bits per heavy atom. The van der Waals surface area contributed by atoms with Crippen LogP contribution in [0.25, 0.3) is 11.3 Å². The topological polar surface area (TPSA) is 65.5 Å². The fourth-order valence-electron chi connectivity index (χ4n) is 2.66. The molecule has 1 aromatic heterocycles. The van der Waals surface area contributed by atoms with E-state index in [0.717, 1.165) is 22.9 Å². The zero-order chi connectivity index (χ0) is 20.8. The summed E-state index contributed by atoms with van der Waals surface area (Å²) in [6, 6.07) is 3.77. The molecule has 0 aliphatic heterocycles. The Morgan fingerprint density at radius 1 is 1.04 bits per heavy atom. The number of anilines is 1. The molecule has 0 saturated heterocycles. The average Bonchev–Trinajstić information content (AvgIpc) is 2.67. The van der Waals surface area contributed by atoms with Crippen molar-refractivity contribution in [1.82, 2.24) is 9.97 Å². The minimum atomic E-state index is 0.0517. The van der Waals surface area contributed by atoms with Crippen molar-refractivity contribution in [3.63, 3.8) is 0 Å². The maximum atomic E-state index is 6.02. The highest BCUT2D eigenvalue weighted by atomic mass is 79.9. The lowest BCUT2D eigenvalue weighted by Gasteiger charge is -2.19. The standard InChI is InChI=1S/C20H27Br2N3O3/c1-7-12(8-2)28-20-19(23-5)24-17(18(22)25-20)13-9-14(21)16(27-11(3)4)10-15(13)26-6/h9-12H,7-8H2,1-6H3,(H,23,24). The molecule has 6 nitrogen and oxygen atoms in total. The molecule has 0 radical (unpaired) electrons. The van der Waals surface area contributed by atoms with E-state index in [-0.39, 0.29) is 12.2 Å². The smallest absolute Gasteiger partial charge is 0.258 e. The molecule has 1 aromatic carbocycles.